The van der Waals surface area contributed by atoms with E-state index in [1.165, 1.54) is 72.0 Å². The maximum Gasteiger partial charge on any atom is 0.160 e. The van der Waals surface area contributed by atoms with Gasteiger partial charge in [0.1, 0.15) is 0 Å². The van der Waals surface area contributed by atoms with Crippen LogP contribution in [0.4, 0.5) is 0 Å². The highest BCUT2D eigenvalue weighted by Gasteiger charge is 2.49. The third kappa shape index (κ3) is 5.29. The van der Waals surface area contributed by atoms with Gasteiger partial charge < -0.3 is 0 Å². The van der Waals surface area contributed by atoms with Gasteiger partial charge >= 0.3 is 0 Å². The van der Waals surface area contributed by atoms with E-state index in [-0.39, 0.29) is 0 Å². The van der Waals surface area contributed by atoms with E-state index in [1.54, 1.807) is 0 Å². The summed E-state index contributed by atoms with van der Waals surface area (Å²) in [5.41, 5.74) is 19.2. The number of aromatic nitrogens is 2. The fourth-order valence-electron chi connectivity index (χ4n) is 10.1. The number of fused-ring (bicyclic) bond motifs is 13. The Morgan fingerprint density at radius 1 is 0.344 bits per heavy atom. The highest BCUT2D eigenvalue weighted by molar-refractivity contribution is 5.99. The molecule has 9 aromatic carbocycles. The van der Waals surface area contributed by atoms with Crippen molar-refractivity contribution in [2.75, 3.05) is 0 Å². The summed E-state index contributed by atoms with van der Waals surface area (Å²) in [5.74, 6) is 0.637. The van der Waals surface area contributed by atoms with Gasteiger partial charge in [0.25, 0.3) is 0 Å². The van der Waals surface area contributed by atoms with E-state index in [9.17, 15) is 5.26 Å². The van der Waals surface area contributed by atoms with Crippen molar-refractivity contribution in [3.63, 3.8) is 0 Å². The molecular weight excluding hydrogens is 739 g/mol. The van der Waals surface area contributed by atoms with Crippen molar-refractivity contribution < 1.29 is 0 Å². The van der Waals surface area contributed by atoms with Crippen LogP contribution in [-0.4, -0.2) is 9.97 Å². The smallest absolute Gasteiger partial charge is 0.160 e. The molecule has 2 aliphatic carbocycles. The second-order valence-corrected chi connectivity index (χ2v) is 15.9. The summed E-state index contributed by atoms with van der Waals surface area (Å²) in [5, 5.41) is 12.1. The molecule has 1 heterocycles. The van der Waals surface area contributed by atoms with Crippen molar-refractivity contribution in [3.05, 3.63) is 240 Å². The van der Waals surface area contributed by atoms with Crippen molar-refractivity contribution in [1.29, 1.82) is 5.26 Å². The second-order valence-electron chi connectivity index (χ2n) is 15.9. The summed E-state index contributed by atoms with van der Waals surface area (Å²) in [6.45, 7) is 0. The number of hydrogen-bond donors (Lipinski definition) is 0. The summed E-state index contributed by atoms with van der Waals surface area (Å²) < 4.78 is 0. The highest BCUT2D eigenvalue weighted by atomic mass is 14.9. The topological polar surface area (TPSA) is 49.6 Å². The molecule has 0 aliphatic heterocycles. The van der Waals surface area contributed by atoms with Gasteiger partial charge in [0.15, 0.2) is 5.82 Å². The van der Waals surface area contributed by atoms with Gasteiger partial charge in [-0.05, 0) is 102 Å². The molecule has 0 bridgehead atoms. The predicted octanol–water partition coefficient (Wildman–Crippen LogP) is 14.2. The van der Waals surface area contributed by atoms with Gasteiger partial charge in [-0.25, -0.2) is 9.97 Å². The molecule has 0 unspecified atom stereocenters. The van der Waals surface area contributed by atoms with Crippen LogP contribution in [0, 0.1) is 11.3 Å². The van der Waals surface area contributed by atoms with Gasteiger partial charge in [-0.1, -0.05) is 188 Å². The van der Waals surface area contributed by atoms with E-state index in [4.69, 9.17) is 9.97 Å². The van der Waals surface area contributed by atoms with Crippen molar-refractivity contribution in [2.24, 2.45) is 0 Å². The third-order valence-corrected chi connectivity index (χ3v) is 12.8. The molecular formula is C58H35N3. The van der Waals surface area contributed by atoms with Crippen molar-refractivity contribution >= 4 is 10.8 Å². The van der Waals surface area contributed by atoms with E-state index < -0.39 is 5.41 Å². The zero-order valence-corrected chi connectivity index (χ0v) is 33.0. The summed E-state index contributed by atoms with van der Waals surface area (Å²) in [6.07, 6.45) is 0. The molecule has 0 fully saturated rings. The van der Waals surface area contributed by atoms with Crippen LogP contribution in [0.5, 0.6) is 0 Å². The molecule has 0 N–H and O–H groups in total. The average molecular weight is 774 g/mol. The molecule has 3 heteroatoms. The van der Waals surface area contributed by atoms with E-state index in [0.717, 1.165) is 33.6 Å². The van der Waals surface area contributed by atoms with Gasteiger partial charge in [-0.2, -0.15) is 5.26 Å². The number of hydrogen-bond acceptors (Lipinski definition) is 3. The lowest BCUT2D eigenvalue weighted by Crippen LogP contribution is -2.29. The zero-order valence-electron chi connectivity index (χ0n) is 33.0. The monoisotopic (exact) mass is 773 g/mol. The molecule has 1 spiro atoms. The Hall–Kier alpha value is -8.19. The SMILES string of the molecule is N#Cc1ccc(-c2cc(-c3ccc(-c4cccc5ccccc45)cc3)nc(-c3ccc4c(c3)C3(c5ccccc5-c5ccccc5-4)c4ccccc4-c4ccccc43)n2)cc1. The van der Waals surface area contributed by atoms with Crippen LogP contribution in [-0.2, 0) is 5.41 Å². The Kier molecular flexibility index (Phi) is 7.82. The molecule has 1 aromatic heterocycles. The Morgan fingerprint density at radius 3 is 1.39 bits per heavy atom. The quantitative estimate of drug-likeness (QED) is 0.179. The second kappa shape index (κ2) is 13.7. The number of rotatable bonds is 4. The summed E-state index contributed by atoms with van der Waals surface area (Å²) in [7, 11) is 0. The Morgan fingerprint density at radius 2 is 0.787 bits per heavy atom. The summed E-state index contributed by atoms with van der Waals surface area (Å²) in [4.78, 5) is 10.7. The maximum atomic E-state index is 9.62. The lowest BCUT2D eigenvalue weighted by Gasteiger charge is -2.35. The fraction of sp³-hybridized carbons (Fsp3) is 0.0172. The molecule has 12 rings (SSSR count). The van der Waals surface area contributed by atoms with E-state index >= 15 is 0 Å². The molecule has 0 atom stereocenters. The average Bonchev–Trinajstić information content (AvgIpc) is 3.58. The maximum absolute atomic E-state index is 9.62. The van der Waals surface area contributed by atoms with E-state index in [1.807, 2.05) is 24.3 Å². The number of nitriles is 1. The van der Waals surface area contributed by atoms with Crippen LogP contribution < -0.4 is 0 Å². The minimum absolute atomic E-state index is 0.607. The van der Waals surface area contributed by atoms with Gasteiger partial charge in [0.05, 0.1) is 28.4 Å². The lowest BCUT2D eigenvalue weighted by molar-refractivity contribution is 0.775. The summed E-state index contributed by atoms with van der Waals surface area (Å²) in [6, 6.07) is 78.2. The standard InChI is InChI=1S/C58H35N3/c59-36-37-24-26-40(27-25-37)55-35-56(41-30-28-39(29-31-41)44-20-11-13-38-12-1-2-14-43(38)44)61-57(60-55)42-32-33-50-46-16-4-3-15-45(46)47-17-5-8-21-51(47)58(54(50)34-42)52-22-9-6-18-48(52)49-19-7-10-23-53(49)58/h1-35H. The zero-order chi connectivity index (χ0) is 40.5. The molecule has 2 aliphatic rings. The van der Waals surface area contributed by atoms with Gasteiger partial charge in [0.2, 0.25) is 0 Å². The van der Waals surface area contributed by atoms with Gasteiger partial charge in [0, 0.05) is 16.7 Å². The molecule has 61 heavy (non-hydrogen) atoms. The minimum Gasteiger partial charge on any atom is -0.228 e. The van der Waals surface area contributed by atoms with E-state index in [2.05, 4.69) is 194 Å². The first-order chi connectivity index (χ1) is 30.2. The first-order valence-electron chi connectivity index (χ1n) is 20.7. The van der Waals surface area contributed by atoms with Gasteiger partial charge in [-0.3, -0.25) is 0 Å². The van der Waals surface area contributed by atoms with E-state index in [0.29, 0.717) is 11.4 Å². The molecule has 282 valence electrons. The van der Waals surface area contributed by atoms with Crippen LogP contribution >= 0.6 is 0 Å². The molecule has 3 nitrogen and oxygen atoms in total. The third-order valence-electron chi connectivity index (χ3n) is 12.8. The largest absolute Gasteiger partial charge is 0.228 e. The normalized spacial score (nSPS) is 12.7. The van der Waals surface area contributed by atoms with Gasteiger partial charge in [-0.15, -0.1) is 0 Å². The predicted molar refractivity (Wildman–Crippen MR) is 248 cm³/mol. The van der Waals surface area contributed by atoms with Crippen LogP contribution in [0.1, 0.15) is 27.8 Å². The molecule has 0 saturated carbocycles. The summed E-state index contributed by atoms with van der Waals surface area (Å²) >= 11 is 0. The fourth-order valence-corrected chi connectivity index (χ4v) is 10.1. The minimum atomic E-state index is -0.612. The Bertz CT molecular complexity index is 3380. The molecule has 0 radical (unpaired) electrons. The van der Waals surface area contributed by atoms with Crippen LogP contribution in [0.2, 0.25) is 0 Å². The number of benzene rings is 9. The first-order valence-corrected chi connectivity index (χ1v) is 20.7. The van der Waals surface area contributed by atoms with Crippen LogP contribution in [0.25, 0.3) is 89.2 Å². The number of nitrogens with zero attached hydrogens (tertiary/aromatic N) is 3. The Balaban J connectivity index is 1.10. The van der Waals surface area contributed by atoms with Crippen LogP contribution in [0.15, 0.2) is 212 Å². The molecule has 0 saturated heterocycles. The highest BCUT2D eigenvalue weighted by Crippen LogP contribution is 2.61. The van der Waals surface area contributed by atoms with Crippen molar-refractivity contribution in [1.82, 2.24) is 9.97 Å². The van der Waals surface area contributed by atoms with Crippen molar-refractivity contribution in [3.8, 4) is 84.5 Å². The Labute approximate surface area is 354 Å². The molecule has 10 aromatic rings. The van der Waals surface area contributed by atoms with Crippen LogP contribution in [0.3, 0.4) is 0 Å². The molecule has 0 amide bonds. The lowest BCUT2D eigenvalue weighted by atomic mass is 9.65. The van der Waals surface area contributed by atoms with Crippen molar-refractivity contribution in [2.45, 2.75) is 5.41 Å². The first kappa shape index (κ1) is 34.8.